The highest BCUT2D eigenvalue weighted by atomic mass is 35.5. The molecule has 0 radical (unpaired) electrons. The zero-order chi connectivity index (χ0) is 11.3. The van der Waals surface area contributed by atoms with Gasteiger partial charge < -0.3 is 0 Å². The Kier molecular flexibility index (Phi) is 3.03. The van der Waals surface area contributed by atoms with Crippen molar-refractivity contribution in [3.63, 3.8) is 0 Å². The molecule has 0 aromatic heterocycles. The van der Waals surface area contributed by atoms with E-state index in [2.05, 4.69) is 26.0 Å². The third kappa shape index (κ3) is 2.30. The molecule has 2 aliphatic rings. The zero-order valence-corrected chi connectivity index (χ0v) is 13.3. The van der Waals surface area contributed by atoms with Crippen LogP contribution in [0.1, 0.15) is 33.1 Å². The summed E-state index contributed by atoms with van der Waals surface area (Å²) < 4.78 is -0.526. The van der Waals surface area contributed by atoms with Crippen LogP contribution >= 0.6 is 23.2 Å². The molecule has 1 fully saturated rings. The lowest BCUT2D eigenvalue weighted by Gasteiger charge is -2.37. The molecule has 86 valence electrons. The van der Waals surface area contributed by atoms with Crippen molar-refractivity contribution >= 4 is 33.4 Å². The van der Waals surface area contributed by atoms with Gasteiger partial charge in [0.2, 0.25) is 0 Å². The predicted molar refractivity (Wildman–Crippen MR) is 71.9 cm³/mol. The van der Waals surface area contributed by atoms with Crippen molar-refractivity contribution < 1.29 is 0 Å². The molecule has 1 saturated carbocycles. The van der Waals surface area contributed by atoms with Crippen LogP contribution in [0.5, 0.6) is 0 Å². The van der Waals surface area contributed by atoms with Crippen LogP contribution < -0.4 is 0 Å². The van der Waals surface area contributed by atoms with Gasteiger partial charge in [0.25, 0.3) is 0 Å². The first-order valence-corrected chi connectivity index (χ1v) is 7.61. The average Bonchev–Trinajstić information content (AvgIpc) is 2.61. The van der Waals surface area contributed by atoms with Crippen molar-refractivity contribution in [2.75, 3.05) is 0 Å². The number of hydrogen-bond donors (Lipinski definition) is 0. The molecule has 0 saturated heterocycles. The summed E-state index contributed by atoms with van der Waals surface area (Å²) in [5.41, 5.74) is 0. The summed E-state index contributed by atoms with van der Waals surface area (Å²) in [4.78, 5) is 0. The number of fused-ring (bicyclic) bond motifs is 2. The van der Waals surface area contributed by atoms with Crippen LogP contribution in [0.4, 0.5) is 0 Å². The highest BCUT2D eigenvalue weighted by Crippen LogP contribution is 2.54. The van der Waals surface area contributed by atoms with E-state index in [1.807, 2.05) is 0 Å². The van der Waals surface area contributed by atoms with Crippen LogP contribution in [0.15, 0.2) is 12.2 Å². The van der Waals surface area contributed by atoms with Gasteiger partial charge in [-0.1, -0.05) is 26.0 Å². The third-order valence-corrected chi connectivity index (χ3v) is 6.96. The SMILES string of the molecule is CC(C)([SiH3])C(Cl)(Cl)CC1CC2C=CC1C2. The van der Waals surface area contributed by atoms with Gasteiger partial charge in [-0.2, -0.15) is 0 Å². The monoisotopic (exact) mass is 262 g/mol. The molecule has 2 rings (SSSR count). The Hall–Kier alpha value is 0.537. The Morgan fingerprint density at radius 3 is 2.33 bits per heavy atom. The van der Waals surface area contributed by atoms with Gasteiger partial charge in [0.1, 0.15) is 4.33 Å². The molecule has 0 aromatic carbocycles. The molecule has 0 aromatic rings. The van der Waals surface area contributed by atoms with E-state index in [1.54, 1.807) is 0 Å². The Morgan fingerprint density at radius 2 is 1.93 bits per heavy atom. The summed E-state index contributed by atoms with van der Waals surface area (Å²) in [6.45, 7) is 4.37. The smallest absolute Gasteiger partial charge is 0.101 e. The Bertz CT molecular complexity index is 278. The minimum absolute atomic E-state index is 0.0989. The summed E-state index contributed by atoms with van der Waals surface area (Å²) in [6.07, 6.45) is 8.37. The van der Waals surface area contributed by atoms with E-state index in [-0.39, 0.29) is 5.04 Å². The molecule has 0 aliphatic heterocycles. The number of halogens is 2. The molecular formula is C12H20Cl2Si. The van der Waals surface area contributed by atoms with Crippen molar-refractivity contribution in [2.24, 2.45) is 17.8 Å². The standard InChI is InChI=1S/C12H20Cl2Si/c1-11(2,15)12(13,14)7-10-6-8-3-4-9(10)5-8/h3-4,8-10H,5-7H2,1-2,15H3. The lowest BCUT2D eigenvalue weighted by atomic mass is 9.86. The largest absolute Gasteiger partial charge is 0.120 e. The summed E-state index contributed by atoms with van der Waals surface area (Å²) in [7, 11) is 1.04. The summed E-state index contributed by atoms with van der Waals surface area (Å²) in [5.74, 6) is 2.31. The van der Waals surface area contributed by atoms with Crippen LogP contribution in [0.3, 0.4) is 0 Å². The number of rotatable bonds is 3. The fraction of sp³-hybridized carbons (Fsp3) is 0.833. The van der Waals surface area contributed by atoms with E-state index in [0.29, 0.717) is 0 Å². The molecule has 0 spiro atoms. The zero-order valence-electron chi connectivity index (χ0n) is 9.76. The first kappa shape index (κ1) is 12.0. The summed E-state index contributed by atoms with van der Waals surface area (Å²) in [5, 5.41) is 0.0989. The molecule has 0 heterocycles. The van der Waals surface area contributed by atoms with Gasteiger partial charge in [0.05, 0.1) is 0 Å². The minimum Gasteiger partial charge on any atom is -0.101 e. The maximum atomic E-state index is 6.51. The van der Waals surface area contributed by atoms with Crippen molar-refractivity contribution in [1.82, 2.24) is 0 Å². The van der Waals surface area contributed by atoms with E-state index < -0.39 is 4.33 Å². The normalized spacial score (nSPS) is 35.3. The molecule has 3 heteroatoms. The summed E-state index contributed by atoms with van der Waals surface area (Å²) >= 11 is 13.0. The Morgan fingerprint density at radius 1 is 1.27 bits per heavy atom. The Labute approximate surface area is 106 Å². The molecule has 0 nitrogen and oxygen atoms in total. The van der Waals surface area contributed by atoms with E-state index in [4.69, 9.17) is 23.2 Å². The number of allylic oxidation sites excluding steroid dienone is 2. The fourth-order valence-corrected chi connectivity index (χ4v) is 3.37. The Balaban J connectivity index is 2.01. The summed E-state index contributed by atoms with van der Waals surface area (Å²) in [6, 6.07) is 0. The van der Waals surface area contributed by atoms with Gasteiger partial charge in [-0.3, -0.25) is 0 Å². The minimum atomic E-state index is -0.526. The second-order valence-electron chi connectivity index (χ2n) is 6.20. The van der Waals surface area contributed by atoms with Gasteiger partial charge in [-0.05, 0) is 42.1 Å². The molecular weight excluding hydrogens is 243 g/mol. The van der Waals surface area contributed by atoms with Crippen LogP contribution in [0.25, 0.3) is 0 Å². The molecule has 0 N–H and O–H groups in total. The van der Waals surface area contributed by atoms with Gasteiger partial charge in [-0.15, -0.1) is 23.2 Å². The molecule has 3 atom stereocenters. The van der Waals surface area contributed by atoms with Crippen LogP contribution in [-0.4, -0.2) is 14.6 Å². The lowest BCUT2D eigenvalue weighted by molar-refractivity contribution is 0.365. The predicted octanol–water partition coefficient (Wildman–Crippen LogP) is 3.33. The second-order valence-corrected chi connectivity index (χ2v) is 10.2. The second kappa shape index (κ2) is 3.78. The van der Waals surface area contributed by atoms with Gasteiger partial charge in [0.15, 0.2) is 0 Å². The van der Waals surface area contributed by atoms with Crippen LogP contribution in [-0.2, 0) is 0 Å². The van der Waals surface area contributed by atoms with Crippen molar-refractivity contribution in [2.45, 2.75) is 42.5 Å². The molecule has 3 unspecified atom stereocenters. The molecule has 2 bridgehead atoms. The quantitative estimate of drug-likeness (QED) is 0.416. The lowest BCUT2D eigenvalue weighted by Crippen LogP contribution is -2.32. The highest BCUT2D eigenvalue weighted by Gasteiger charge is 2.44. The fourth-order valence-electron chi connectivity index (χ4n) is 2.76. The molecule has 2 aliphatic carbocycles. The van der Waals surface area contributed by atoms with E-state index in [1.165, 1.54) is 12.8 Å². The molecule has 0 amide bonds. The van der Waals surface area contributed by atoms with E-state index >= 15 is 0 Å². The maximum Gasteiger partial charge on any atom is 0.120 e. The van der Waals surface area contributed by atoms with Gasteiger partial charge >= 0.3 is 0 Å². The topological polar surface area (TPSA) is 0 Å². The molecule has 15 heavy (non-hydrogen) atoms. The van der Waals surface area contributed by atoms with Crippen molar-refractivity contribution in [1.29, 1.82) is 0 Å². The van der Waals surface area contributed by atoms with Crippen LogP contribution in [0.2, 0.25) is 5.04 Å². The van der Waals surface area contributed by atoms with E-state index in [0.717, 1.165) is 34.4 Å². The van der Waals surface area contributed by atoms with Crippen LogP contribution in [0, 0.1) is 17.8 Å². The average molecular weight is 263 g/mol. The first-order valence-electron chi connectivity index (χ1n) is 5.86. The van der Waals surface area contributed by atoms with Crippen molar-refractivity contribution in [3.8, 4) is 0 Å². The van der Waals surface area contributed by atoms with Gasteiger partial charge in [0, 0.05) is 10.2 Å². The number of hydrogen-bond acceptors (Lipinski definition) is 0. The maximum absolute atomic E-state index is 6.51. The van der Waals surface area contributed by atoms with E-state index in [9.17, 15) is 0 Å². The highest BCUT2D eigenvalue weighted by molar-refractivity contribution is 6.52. The van der Waals surface area contributed by atoms with Gasteiger partial charge in [-0.25, -0.2) is 0 Å². The third-order valence-electron chi connectivity index (χ3n) is 4.03. The van der Waals surface area contributed by atoms with Crippen molar-refractivity contribution in [3.05, 3.63) is 12.2 Å². The number of alkyl halides is 2. The first-order chi connectivity index (χ1) is 6.79.